The molecule has 0 aromatic heterocycles. The fourth-order valence-electron chi connectivity index (χ4n) is 2.50. The van der Waals surface area contributed by atoms with Crippen molar-refractivity contribution in [2.24, 2.45) is 0 Å². The van der Waals surface area contributed by atoms with E-state index in [1.807, 2.05) is 6.92 Å². The minimum absolute atomic E-state index is 0.124. The molecule has 2 amide bonds. The third-order valence-corrected chi connectivity index (χ3v) is 3.51. The SMILES string of the molecule is CCC/C=C/C(=O)C1=C(OC)C(C)(C)N(C(=O)OC(C)(C)C)C1=O. The van der Waals surface area contributed by atoms with Crippen LogP contribution >= 0.6 is 0 Å². The molecule has 0 aromatic carbocycles. The molecule has 0 N–H and O–H groups in total. The molecule has 0 saturated heterocycles. The van der Waals surface area contributed by atoms with E-state index in [0.717, 1.165) is 17.7 Å². The van der Waals surface area contributed by atoms with Crippen LogP contribution in [0.1, 0.15) is 54.4 Å². The maximum atomic E-state index is 12.7. The van der Waals surface area contributed by atoms with Gasteiger partial charge in [0.25, 0.3) is 5.91 Å². The van der Waals surface area contributed by atoms with E-state index in [9.17, 15) is 14.4 Å². The van der Waals surface area contributed by atoms with Crippen molar-refractivity contribution in [1.29, 1.82) is 0 Å². The standard InChI is InChI=1S/C18H27NO5/c1-8-9-10-11-12(20)13-14(23-7)18(5,6)19(15(13)21)16(22)24-17(2,3)4/h10-11H,8-9H2,1-7H3/b11-10+. The third-order valence-electron chi connectivity index (χ3n) is 3.51. The molecule has 0 radical (unpaired) electrons. The lowest BCUT2D eigenvalue weighted by atomic mass is 10.0. The van der Waals surface area contributed by atoms with Gasteiger partial charge < -0.3 is 9.47 Å². The smallest absolute Gasteiger partial charge is 0.418 e. The average Bonchev–Trinajstić information content (AvgIpc) is 2.62. The number of hydrogen-bond acceptors (Lipinski definition) is 5. The number of carbonyl (C=O) groups excluding carboxylic acids is 3. The molecular formula is C18H27NO5. The van der Waals surface area contributed by atoms with E-state index in [1.165, 1.54) is 13.2 Å². The summed E-state index contributed by atoms with van der Waals surface area (Å²) in [6.45, 7) is 10.4. The summed E-state index contributed by atoms with van der Waals surface area (Å²) >= 11 is 0. The van der Waals surface area contributed by atoms with Crippen molar-refractivity contribution in [3.63, 3.8) is 0 Å². The maximum Gasteiger partial charge on any atom is 0.418 e. The summed E-state index contributed by atoms with van der Waals surface area (Å²) in [5, 5.41) is 0. The Morgan fingerprint density at radius 1 is 1.25 bits per heavy atom. The molecule has 0 spiro atoms. The zero-order chi connectivity index (χ0) is 18.7. The van der Waals surface area contributed by atoms with Crippen molar-refractivity contribution >= 4 is 17.8 Å². The Hall–Kier alpha value is -2.11. The molecule has 134 valence electrons. The number of imide groups is 1. The highest BCUT2D eigenvalue weighted by Crippen LogP contribution is 2.37. The van der Waals surface area contributed by atoms with Crippen LogP contribution in [-0.2, 0) is 19.1 Å². The molecule has 1 aliphatic rings. The van der Waals surface area contributed by atoms with Crippen molar-refractivity contribution in [3.8, 4) is 0 Å². The number of carbonyl (C=O) groups is 3. The largest absolute Gasteiger partial charge is 0.498 e. The molecule has 0 aliphatic carbocycles. The van der Waals surface area contributed by atoms with Gasteiger partial charge in [-0.2, -0.15) is 0 Å². The van der Waals surface area contributed by atoms with Crippen LogP contribution in [0.15, 0.2) is 23.5 Å². The number of ether oxygens (including phenoxy) is 2. The molecule has 0 atom stereocenters. The van der Waals surface area contributed by atoms with Crippen LogP contribution in [-0.4, -0.2) is 40.9 Å². The van der Waals surface area contributed by atoms with Gasteiger partial charge in [0.05, 0.1) is 7.11 Å². The Labute approximate surface area is 143 Å². The Balaban J connectivity index is 3.23. The summed E-state index contributed by atoms with van der Waals surface area (Å²) in [7, 11) is 1.38. The molecule has 24 heavy (non-hydrogen) atoms. The van der Waals surface area contributed by atoms with Gasteiger partial charge in [0.15, 0.2) is 5.78 Å². The highest BCUT2D eigenvalue weighted by molar-refractivity contribution is 6.27. The average molecular weight is 337 g/mol. The van der Waals surface area contributed by atoms with Crippen molar-refractivity contribution in [2.75, 3.05) is 7.11 Å². The number of methoxy groups -OCH3 is 1. The molecule has 0 saturated carbocycles. The number of allylic oxidation sites excluding steroid dienone is 2. The lowest BCUT2D eigenvalue weighted by molar-refractivity contribution is -0.129. The summed E-state index contributed by atoms with van der Waals surface area (Å²) in [6.07, 6.45) is 3.88. The molecule has 6 nitrogen and oxygen atoms in total. The maximum absolute atomic E-state index is 12.7. The topological polar surface area (TPSA) is 72.9 Å². The van der Waals surface area contributed by atoms with Crippen LogP contribution in [0.4, 0.5) is 4.79 Å². The van der Waals surface area contributed by atoms with Gasteiger partial charge in [0.2, 0.25) is 0 Å². The van der Waals surface area contributed by atoms with Crippen molar-refractivity contribution < 1.29 is 23.9 Å². The molecule has 0 unspecified atom stereocenters. The number of hydrogen-bond donors (Lipinski definition) is 0. The number of amides is 2. The highest BCUT2D eigenvalue weighted by Gasteiger charge is 2.52. The summed E-state index contributed by atoms with van der Waals surface area (Å²) in [5.74, 6) is -0.994. The number of ketones is 1. The Bertz CT molecular complexity index is 593. The van der Waals surface area contributed by atoms with E-state index in [4.69, 9.17) is 9.47 Å². The van der Waals surface area contributed by atoms with E-state index in [1.54, 1.807) is 40.7 Å². The van der Waals surface area contributed by atoms with E-state index in [-0.39, 0.29) is 11.3 Å². The second-order valence-electron chi connectivity index (χ2n) is 7.14. The predicted molar refractivity (Wildman–Crippen MR) is 90.2 cm³/mol. The van der Waals surface area contributed by atoms with E-state index in [0.29, 0.717) is 0 Å². The summed E-state index contributed by atoms with van der Waals surface area (Å²) in [5.41, 5.74) is -1.98. The van der Waals surface area contributed by atoms with Gasteiger partial charge in [0, 0.05) is 0 Å². The Morgan fingerprint density at radius 2 is 1.83 bits per heavy atom. The predicted octanol–water partition coefficient (Wildman–Crippen LogP) is 3.37. The minimum atomic E-state index is -1.10. The lowest BCUT2D eigenvalue weighted by Gasteiger charge is -2.33. The van der Waals surface area contributed by atoms with E-state index in [2.05, 4.69) is 0 Å². The second kappa shape index (κ2) is 7.20. The van der Waals surface area contributed by atoms with Crippen LogP contribution in [0, 0.1) is 0 Å². The molecule has 0 bridgehead atoms. The van der Waals surface area contributed by atoms with Gasteiger partial charge in [0.1, 0.15) is 22.5 Å². The van der Waals surface area contributed by atoms with Gasteiger partial charge in [-0.1, -0.05) is 19.4 Å². The zero-order valence-electron chi connectivity index (χ0n) is 15.6. The Kier molecular flexibility index (Phi) is 5.98. The van der Waals surface area contributed by atoms with Crippen LogP contribution in [0.5, 0.6) is 0 Å². The van der Waals surface area contributed by atoms with E-state index >= 15 is 0 Å². The number of rotatable bonds is 5. The molecule has 1 aliphatic heterocycles. The van der Waals surface area contributed by atoms with Gasteiger partial charge >= 0.3 is 6.09 Å². The van der Waals surface area contributed by atoms with Crippen LogP contribution in [0.2, 0.25) is 0 Å². The monoisotopic (exact) mass is 337 g/mol. The lowest BCUT2D eigenvalue weighted by Crippen LogP contribution is -2.49. The van der Waals surface area contributed by atoms with Crippen LogP contribution < -0.4 is 0 Å². The quantitative estimate of drug-likeness (QED) is 0.568. The van der Waals surface area contributed by atoms with Crippen molar-refractivity contribution in [1.82, 2.24) is 4.90 Å². The van der Waals surface area contributed by atoms with Crippen LogP contribution in [0.3, 0.4) is 0 Å². The fraction of sp³-hybridized carbons (Fsp3) is 0.611. The third kappa shape index (κ3) is 4.04. The molecule has 6 heteroatoms. The molecule has 1 rings (SSSR count). The second-order valence-corrected chi connectivity index (χ2v) is 7.14. The molecule has 0 fully saturated rings. The summed E-state index contributed by atoms with van der Waals surface area (Å²) in [4.78, 5) is 38.5. The summed E-state index contributed by atoms with van der Waals surface area (Å²) < 4.78 is 10.6. The number of unbranched alkanes of at least 4 members (excludes halogenated alkanes) is 1. The fourth-order valence-corrected chi connectivity index (χ4v) is 2.50. The first-order valence-corrected chi connectivity index (χ1v) is 8.04. The minimum Gasteiger partial charge on any atom is -0.498 e. The molecule has 1 heterocycles. The summed E-state index contributed by atoms with van der Waals surface area (Å²) in [6, 6.07) is 0. The Morgan fingerprint density at radius 3 is 2.29 bits per heavy atom. The van der Waals surface area contributed by atoms with Gasteiger partial charge in [-0.05, 0) is 47.1 Å². The zero-order valence-corrected chi connectivity index (χ0v) is 15.6. The van der Waals surface area contributed by atoms with Gasteiger partial charge in [-0.15, -0.1) is 0 Å². The molecule has 0 aromatic rings. The van der Waals surface area contributed by atoms with Crippen molar-refractivity contribution in [3.05, 3.63) is 23.5 Å². The van der Waals surface area contributed by atoms with E-state index < -0.39 is 28.9 Å². The number of nitrogens with zero attached hydrogens (tertiary/aromatic N) is 1. The normalized spacial score (nSPS) is 17.6. The first-order valence-electron chi connectivity index (χ1n) is 8.04. The molecular weight excluding hydrogens is 310 g/mol. The first kappa shape index (κ1) is 19.9. The van der Waals surface area contributed by atoms with Gasteiger partial charge in [-0.3, -0.25) is 9.59 Å². The highest BCUT2D eigenvalue weighted by atomic mass is 16.6. The van der Waals surface area contributed by atoms with Crippen molar-refractivity contribution in [2.45, 2.75) is 65.5 Å². The van der Waals surface area contributed by atoms with Crippen LogP contribution in [0.25, 0.3) is 0 Å². The van der Waals surface area contributed by atoms with Gasteiger partial charge in [-0.25, -0.2) is 9.69 Å². The first-order chi connectivity index (χ1) is 11.0.